The van der Waals surface area contributed by atoms with Crippen LogP contribution in [-0.4, -0.2) is 44.3 Å². The first-order valence-corrected chi connectivity index (χ1v) is 4.81. The van der Waals surface area contributed by atoms with Crippen LogP contribution in [0.4, 0.5) is 0 Å². The molecule has 1 fully saturated rings. The van der Waals surface area contributed by atoms with Gasteiger partial charge in [-0.2, -0.15) is 0 Å². The second-order valence-corrected chi connectivity index (χ2v) is 3.83. The van der Waals surface area contributed by atoms with E-state index in [1.165, 1.54) is 21.1 Å². The fourth-order valence-corrected chi connectivity index (χ4v) is 1.46. The molecular weight excluding hydrogens is 200 g/mol. The van der Waals surface area contributed by atoms with E-state index < -0.39 is 17.7 Å². The van der Waals surface area contributed by atoms with Gasteiger partial charge in [0.25, 0.3) is 0 Å². The molecule has 0 bridgehead atoms. The highest BCUT2D eigenvalue weighted by atomic mass is 16.8. The Kier molecular flexibility index (Phi) is 3.50. The van der Waals surface area contributed by atoms with Crippen LogP contribution in [0.15, 0.2) is 0 Å². The molecule has 5 heteroatoms. The standard InChI is InChI=1S/C10H18O5/c1-7(11)8-6-14-9(2,12-4)10(3,13-5)15-8/h8H,6H2,1-5H3/t8-,9+,10+/m0/s1. The number of ketones is 1. The van der Waals surface area contributed by atoms with Crippen molar-refractivity contribution in [2.45, 2.75) is 38.4 Å². The molecule has 0 aromatic carbocycles. The van der Waals surface area contributed by atoms with E-state index in [0.29, 0.717) is 0 Å². The Morgan fingerprint density at radius 1 is 1.27 bits per heavy atom. The highest BCUT2D eigenvalue weighted by molar-refractivity contribution is 5.80. The molecule has 0 aromatic rings. The molecule has 15 heavy (non-hydrogen) atoms. The summed E-state index contributed by atoms with van der Waals surface area (Å²) >= 11 is 0. The highest BCUT2D eigenvalue weighted by Crippen LogP contribution is 2.36. The molecule has 0 amide bonds. The predicted molar refractivity (Wildman–Crippen MR) is 52.3 cm³/mol. The summed E-state index contributed by atoms with van der Waals surface area (Å²) in [6, 6.07) is 0. The number of rotatable bonds is 3. The van der Waals surface area contributed by atoms with Gasteiger partial charge in [0.15, 0.2) is 5.78 Å². The summed E-state index contributed by atoms with van der Waals surface area (Å²) in [5.41, 5.74) is 0. The second kappa shape index (κ2) is 4.17. The van der Waals surface area contributed by atoms with Crippen molar-refractivity contribution in [3.63, 3.8) is 0 Å². The van der Waals surface area contributed by atoms with E-state index in [0.717, 1.165) is 0 Å². The highest BCUT2D eigenvalue weighted by Gasteiger charge is 2.54. The van der Waals surface area contributed by atoms with Crippen LogP contribution in [0.3, 0.4) is 0 Å². The van der Waals surface area contributed by atoms with Crippen LogP contribution in [0.1, 0.15) is 20.8 Å². The van der Waals surface area contributed by atoms with E-state index in [9.17, 15) is 4.79 Å². The first kappa shape index (κ1) is 12.6. The molecule has 1 saturated heterocycles. The van der Waals surface area contributed by atoms with Gasteiger partial charge in [-0.3, -0.25) is 4.79 Å². The average Bonchev–Trinajstić information content (AvgIpc) is 2.22. The van der Waals surface area contributed by atoms with Gasteiger partial charge in [-0.25, -0.2) is 0 Å². The third-order valence-corrected chi connectivity index (χ3v) is 2.93. The van der Waals surface area contributed by atoms with Gasteiger partial charge >= 0.3 is 0 Å². The fourth-order valence-electron chi connectivity index (χ4n) is 1.46. The number of carbonyl (C=O) groups is 1. The summed E-state index contributed by atoms with van der Waals surface area (Å²) in [6.45, 7) is 5.04. The molecule has 1 aliphatic heterocycles. The molecule has 1 aliphatic rings. The summed E-state index contributed by atoms with van der Waals surface area (Å²) in [6.07, 6.45) is -0.599. The minimum absolute atomic E-state index is 0.0866. The number of hydrogen-bond donors (Lipinski definition) is 0. The van der Waals surface area contributed by atoms with Crippen LogP contribution in [0.2, 0.25) is 0 Å². The second-order valence-electron chi connectivity index (χ2n) is 3.83. The van der Waals surface area contributed by atoms with E-state index >= 15 is 0 Å². The van der Waals surface area contributed by atoms with Crippen LogP contribution in [0.5, 0.6) is 0 Å². The van der Waals surface area contributed by atoms with E-state index in [1.54, 1.807) is 13.8 Å². The predicted octanol–water partition coefficient (Wildman–Crippen LogP) is 0.716. The van der Waals surface area contributed by atoms with Crippen molar-refractivity contribution in [2.75, 3.05) is 20.8 Å². The van der Waals surface area contributed by atoms with Crippen LogP contribution in [0, 0.1) is 0 Å². The van der Waals surface area contributed by atoms with Gasteiger partial charge in [-0.15, -0.1) is 0 Å². The number of hydrogen-bond acceptors (Lipinski definition) is 5. The van der Waals surface area contributed by atoms with Crippen LogP contribution in [-0.2, 0) is 23.7 Å². The fraction of sp³-hybridized carbons (Fsp3) is 0.900. The van der Waals surface area contributed by atoms with Gasteiger partial charge in [0.05, 0.1) is 6.61 Å². The maximum Gasteiger partial charge on any atom is 0.220 e. The Balaban J connectivity index is 2.88. The Morgan fingerprint density at radius 3 is 2.20 bits per heavy atom. The first-order valence-electron chi connectivity index (χ1n) is 4.81. The Bertz CT molecular complexity index is 254. The number of Topliss-reactive ketones (excluding diaryl/α,β-unsaturated/α-hetero) is 1. The molecule has 5 nitrogen and oxygen atoms in total. The minimum atomic E-state index is -1.09. The van der Waals surface area contributed by atoms with Crippen molar-refractivity contribution in [1.82, 2.24) is 0 Å². The molecule has 1 heterocycles. The molecule has 0 radical (unpaired) electrons. The molecular formula is C10H18O5. The van der Waals surface area contributed by atoms with Crippen LogP contribution in [0.25, 0.3) is 0 Å². The van der Waals surface area contributed by atoms with Gasteiger partial charge in [0.2, 0.25) is 11.6 Å². The smallest absolute Gasteiger partial charge is 0.220 e. The van der Waals surface area contributed by atoms with E-state index in [1.807, 2.05) is 0 Å². The Labute approximate surface area is 89.6 Å². The normalized spacial score (nSPS) is 41.5. The molecule has 0 saturated carbocycles. The third kappa shape index (κ3) is 2.06. The Morgan fingerprint density at radius 2 is 1.80 bits per heavy atom. The molecule has 88 valence electrons. The van der Waals surface area contributed by atoms with Gasteiger partial charge in [-0.05, 0) is 20.8 Å². The van der Waals surface area contributed by atoms with Crippen molar-refractivity contribution in [3.8, 4) is 0 Å². The van der Waals surface area contributed by atoms with Gasteiger partial charge < -0.3 is 18.9 Å². The topological polar surface area (TPSA) is 54.0 Å². The lowest BCUT2D eigenvalue weighted by molar-refractivity contribution is -0.425. The Hall–Kier alpha value is -0.490. The van der Waals surface area contributed by atoms with Crippen molar-refractivity contribution in [2.24, 2.45) is 0 Å². The van der Waals surface area contributed by atoms with Gasteiger partial charge in [0, 0.05) is 14.2 Å². The van der Waals surface area contributed by atoms with Gasteiger partial charge in [-0.1, -0.05) is 0 Å². The number of carbonyl (C=O) groups excluding carboxylic acids is 1. The zero-order valence-corrected chi connectivity index (χ0v) is 9.83. The minimum Gasteiger partial charge on any atom is -0.349 e. The van der Waals surface area contributed by atoms with E-state index in [4.69, 9.17) is 18.9 Å². The monoisotopic (exact) mass is 218 g/mol. The van der Waals surface area contributed by atoms with Crippen LogP contribution < -0.4 is 0 Å². The summed E-state index contributed by atoms with van der Waals surface area (Å²) in [5, 5.41) is 0. The van der Waals surface area contributed by atoms with Crippen molar-refractivity contribution < 1.29 is 23.7 Å². The molecule has 0 N–H and O–H groups in total. The lowest BCUT2D eigenvalue weighted by Crippen LogP contribution is -2.63. The molecule has 0 aromatic heterocycles. The molecule has 1 rings (SSSR count). The molecule has 0 aliphatic carbocycles. The first-order chi connectivity index (χ1) is 6.88. The van der Waals surface area contributed by atoms with Crippen molar-refractivity contribution >= 4 is 5.78 Å². The summed E-state index contributed by atoms with van der Waals surface area (Å²) < 4.78 is 21.5. The number of methoxy groups -OCH3 is 2. The molecule has 0 spiro atoms. The quantitative estimate of drug-likeness (QED) is 0.698. The molecule has 3 atom stereocenters. The largest absolute Gasteiger partial charge is 0.349 e. The van der Waals surface area contributed by atoms with E-state index in [-0.39, 0.29) is 12.4 Å². The zero-order chi connectivity index (χ0) is 11.7. The van der Waals surface area contributed by atoms with Crippen molar-refractivity contribution in [3.05, 3.63) is 0 Å². The maximum absolute atomic E-state index is 11.2. The van der Waals surface area contributed by atoms with E-state index in [2.05, 4.69) is 0 Å². The summed E-state index contributed by atoms with van der Waals surface area (Å²) in [4.78, 5) is 11.2. The third-order valence-electron chi connectivity index (χ3n) is 2.93. The van der Waals surface area contributed by atoms with Gasteiger partial charge in [0.1, 0.15) is 6.10 Å². The zero-order valence-electron chi connectivity index (χ0n) is 9.83. The average molecular weight is 218 g/mol. The number of ether oxygens (including phenoxy) is 4. The SMILES string of the molecule is CO[C@]1(C)OC[C@@H](C(C)=O)O[C@@]1(C)OC. The van der Waals surface area contributed by atoms with Crippen molar-refractivity contribution in [1.29, 1.82) is 0 Å². The molecule has 0 unspecified atom stereocenters. The summed E-state index contributed by atoms with van der Waals surface area (Å²) in [7, 11) is 3.00. The lowest BCUT2D eigenvalue weighted by Gasteiger charge is -2.48. The summed E-state index contributed by atoms with van der Waals surface area (Å²) in [5.74, 6) is -2.18. The lowest BCUT2D eigenvalue weighted by atomic mass is 10.1. The van der Waals surface area contributed by atoms with Crippen LogP contribution >= 0.6 is 0 Å². The maximum atomic E-state index is 11.2.